The molecule has 0 spiro atoms. The first-order valence-corrected chi connectivity index (χ1v) is 7.74. The molecular weight excluding hydrogens is 290 g/mol. The molecule has 0 radical (unpaired) electrons. The van der Waals surface area contributed by atoms with E-state index in [-0.39, 0.29) is 17.4 Å². The van der Waals surface area contributed by atoms with Gasteiger partial charge in [-0.05, 0) is 20.8 Å². The molecule has 1 heterocycles. The Bertz CT molecular complexity index is 480. The van der Waals surface area contributed by atoms with Crippen LogP contribution in [0.5, 0.6) is 0 Å². The molecule has 0 bridgehead atoms. The number of carbonyl (C=O) groups is 2. The lowest BCUT2D eigenvalue weighted by Gasteiger charge is -2.20. The Labute approximate surface area is 129 Å². The minimum absolute atomic E-state index is 0.0115. The summed E-state index contributed by atoms with van der Waals surface area (Å²) in [6, 6.07) is 0. The first-order valence-electron chi connectivity index (χ1n) is 6.86. The van der Waals surface area contributed by atoms with E-state index in [0.29, 0.717) is 25.8 Å². The van der Waals surface area contributed by atoms with Crippen LogP contribution >= 0.6 is 11.3 Å². The Kier molecular flexibility index (Phi) is 6.61. The van der Waals surface area contributed by atoms with Crippen LogP contribution in [0.25, 0.3) is 0 Å². The van der Waals surface area contributed by atoms with Gasteiger partial charge >= 0.3 is 5.97 Å². The maximum Gasteiger partial charge on any atom is 0.305 e. The van der Waals surface area contributed by atoms with Crippen molar-refractivity contribution in [2.24, 2.45) is 0 Å². The van der Waals surface area contributed by atoms with Crippen LogP contribution in [0.4, 0.5) is 5.13 Å². The number of esters is 1. The fourth-order valence-corrected chi connectivity index (χ4v) is 2.37. The second-order valence-electron chi connectivity index (χ2n) is 5.70. The van der Waals surface area contributed by atoms with E-state index in [4.69, 9.17) is 0 Å². The number of aryl methyl sites for hydroxylation is 1. The number of nitrogens with one attached hydrogen (secondary N) is 2. The number of nitrogens with zero attached hydrogens (tertiary/aromatic N) is 1. The number of hydrogen-bond acceptors (Lipinski definition) is 6. The van der Waals surface area contributed by atoms with Crippen molar-refractivity contribution in [3.05, 3.63) is 11.1 Å². The first kappa shape index (κ1) is 17.4. The van der Waals surface area contributed by atoms with E-state index in [9.17, 15) is 9.59 Å². The molecule has 2 N–H and O–H groups in total. The summed E-state index contributed by atoms with van der Waals surface area (Å²) in [6.45, 7) is 6.39. The van der Waals surface area contributed by atoms with Gasteiger partial charge in [0.05, 0.1) is 19.2 Å². The van der Waals surface area contributed by atoms with Crippen molar-refractivity contribution in [3.8, 4) is 0 Å². The van der Waals surface area contributed by atoms with E-state index in [0.717, 1.165) is 10.8 Å². The van der Waals surface area contributed by atoms with Gasteiger partial charge in [0, 0.05) is 30.3 Å². The second-order valence-corrected chi connectivity index (χ2v) is 6.55. The van der Waals surface area contributed by atoms with E-state index in [1.165, 1.54) is 18.4 Å². The number of methoxy groups -OCH3 is 1. The summed E-state index contributed by atoms with van der Waals surface area (Å²) in [5.74, 6) is -0.228. The molecule has 0 saturated heterocycles. The van der Waals surface area contributed by atoms with Gasteiger partial charge in [0.15, 0.2) is 5.13 Å². The van der Waals surface area contributed by atoms with Crippen molar-refractivity contribution in [2.45, 2.75) is 45.6 Å². The summed E-state index contributed by atoms with van der Waals surface area (Å²) in [6.07, 6.45) is 1.29. The molecule has 0 atom stereocenters. The Balaban J connectivity index is 2.29. The van der Waals surface area contributed by atoms with Crippen LogP contribution in [0.2, 0.25) is 0 Å². The average molecular weight is 313 g/mol. The Morgan fingerprint density at radius 3 is 2.67 bits per heavy atom. The summed E-state index contributed by atoms with van der Waals surface area (Å²) in [5, 5.41) is 8.68. The lowest BCUT2D eigenvalue weighted by molar-refractivity contribution is -0.140. The zero-order chi connectivity index (χ0) is 15.9. The molecule has 21 heavy (non-hydrogen) atoms. The molecule has 0 fully saturated rings. The van der Waals surface area contributed by atoms with Gasteiger partial charge in [-0.2, -0.15) is 0 Å². The predicted octanol–water partition coefficient (Wildman–Crippen LogP) is 1.97. The van der Waals surface area contributed by atoms with Crippen LogP contribution in [-0.4, -0.2) is 36.1 Å². The Morgan fingerprint density at radius 2 is 2.05 bits per heavy atom. The highest BCUT2D eigenvalue weighted by Crippen LogP contribution is 2.16. The van der Waals surface area contributed by atoms with Crippen LogP contribution in [0.1, 0.15) is 39.3 Å². The molecule has 1 aromatic rings. The molecule has 0 aliphatic rings. The van der Waals surface area contributed by atoms with Crippen LogP contribution in [0.15, 0.2) is 5.38 Å². The predicted molar refractivity (Wildman–Crippen MR) is 83.5 cm³/mol. The highest BCUT2D eigenvalue weighted by molar-refractivity contribution is 7.13. The summed E-state index contributed by atoms with van der Waals surface area (Å²) in [4.78, 5) is 27.0. The zero-order valence-corrected chi connectivity index (χ0v) is 13.8. The van der Waals surface area contributed by atoms with Gasteiger partial charge in [-0.1, -0.05) is 0 Å². The van der Waals surface area contributed by atoms with Crippen LogP contribution in [-0.2, 0) is 20.7 Å². The highest BCUT2D eigenvalue weighted by atomic mass is 32.1. The second kappa shape index (κ2) is 7.97. The third kappa shape index (κ3) is 7.65. The minimum Gasteiger partial charge on any atom is -0.469 e. The molecule has 0 saturated carbocycles. The maximum atomic E-state index is 11.6. The molecule has 7 heteroatoms. The van der Waals surface area contributed by atoms with Gasteiger partial charge in [0.1, 0.15) is 0 Å². The molecule has 0 unspecified atom stereocenters. The minimum atomic E-state index is -0.239. The van der Waals surface area contributed by atoms with Crippen molar-refractivity contribution in [1.82, 2.24) is 10.3 Å². The normalized spacial score (nSPS) is 11.0. The first-order chi connectivity index (χ1) is 9.80. The monoisotopic (exact) mass is 313 g/mol. The van der Waals surface area contributed by atoms with Gasteiger partial charge in [-0.3, -0.25) is 9.59 Å². The van der Waals surface area contributed by atoms with E-state index < -0.39 is 0 Å². The number of anilines is 1. The quantitative estimate of drug-likeness (QED) is 0.752. The maximum absolute atomic E-state index is 11.6. The molecule has 6 nitrogen and oxygen atoms in total. The van der Waals surface area contributed by atoms with E-state index >= 15 is 0 Å². The molecular formula is C14H23N3O3S. The topological polar surface area (TPSA) is 80.3 Å². The van der Waals surface area contributed by atoms with Crippen LogP contribution in [0, 0.1) is 0 Å². The fraction of sp³-hybridized carbons (Fsp3) is 0.643. The summed E-state index contributed by atoms with van der Waals surface area (Å²) >= 11 is 1.47. The van der Waals surface area contributed by atoms with E-state index in [1.54, 1.807) is 0 Å². The van der Waals surface area contributed by atoms with Crippen molar-refractivity contribution in [1.29, 1.82) is 0 Å². The Hall–Kier alpha value is -1.63. The lowest BCUT2D eigenvalue weighted by Crippen LogP contribution is -2.41. The number of rotatable bonds is 7. The van der Waals surface area contributed by atoms with Gasteiger partial charge in [-0.15, -0.1) is 11.3 Å². The summed E-state index contributed by atoms with van der Waals surface area (Å²) in [5.41, 5.74) is 0.645. The van der Waals surface area contributed by atoms with E-state index in [1.807, 2.05) is 26.2 Å². The summed E-state index contributed by atoms with van der Waals surface area (Å²) < 4.78 is 4.59. The molecule has 0 aromatic carbocycles. The average Bonchev–Trinajstić information content (AvgIpc) is 2.81. The molecule has 0 aliphatic carbocycles. The molecule has 0 aliphatic heterocycles. The smallest absolute Gasteiger partial charge is 0.305 e. The lowest BCUT2D eigenvalue weighted by atomic mass is 10.1. The van der Waals surface area contributed by atoms with Crippen molar-refractivity contribution >= 4 is 28.3 Å². The number of carbonyl (C=O) groups excluding carboxylic acids is 2. The van der Waals surface area contributed by atoms with Crippen LogP contribution < -0.4 is 10.6 Å². The van der Waals surface area contributed by atoms with Gasteiger partial charge < -0.3 is 15.4 Å². The largest absolute Gasteiger partial charge is 0.469 e. The van der Waals surface area contributed by atoms with E-state index in [2.05, 4.69) is 20.4 Å². The summed E-state index contributed by atoms with van der Waals surface area (Å²) in [7, 11) is 1.37. The number of amides is 1. The van der Waals surface area contributed by atoms with Gasteiger partial charge in [-0.25, -0.2) is 4.98 Å². The van der Waals surface area contributed by atoms with Crippen LogP contribution in [0.3, 0.4) is 0 Å². The number of hydrogen-bond donors (Lipinski definition) is 2. The number of aromatic nitrogens is 1. The van der Waals surface area contributed by atoms with Gasteiger partial charge in [0.2, 0.25) is 5.91 Å². The standard InChI is InChI=1S/C14H23N3O3S/c1-14(2,3)17-11(18)7-8-15-13-16-10(9-21-13)5-6-12(19)20-4/h9H,5-8H2,1-4H3,(H,15,16)(H,17,18). The Morgan fingerprint density at radius 1 is 1.33 bits per heavy atom. The van der Waals surface area contributed by atoms with Crippen molar-refractivity contribution in [3.63, 3.8) is 0 Å². The fourth-order valence-electron chi connectivity index (χ4n) is 1.60. The molecule has 1 aromatic heterocycles. The highest BCUT2D eigenvalue weighted by Gasteiger charge is 2.13. The third-order valence-corrected chi connectivity index (χ3v) is 3.36. The van der Waals surface area contributed by atoms with Gasteiger partial charge in [0.25, 0.3) is 0 Å². The zero-order valence-electron chi connectivity index (χ0n) is 13.0. The molecule has 118 valence electrons. The number of ether oxygens (including phenoxy) is 1. The molecule has 1 amide bonds. The third-order valence-electron chi connectivity index (χ3n) is 2.51. The SMILES string of the molecule is COC(=O)CCc1csc(NCCC(=O)NC(C)(C)C)n1. The van der Waals surface area contributed by atoms with Crippen molar-refractivity contribution in [2.75, 3.05) is 19.0 Å². The number of thiazole rings is 1. The van der Waals surface area contributed by atoms with Crippen molar-refractivity contribution < 1.29 is 14.3 Å². The molecule has 1 rings (SSSR count).